The van der Waals surface area contributed by atoms with E-state index in [0.29, 0.717) is 24.7 Å². The van der Waals surface area contributed by atoms with E-state index in [1.54, 1.807) is 31.3 Å². The maximum absolute atomic E-state index is 12.2. The Morgan fingerprint density at radius 1 is 1.30 bits per heavy atom. The second-order valence-corrected chi connectivity index (χ2v) is 8.76. The Hall–Kier alpha value is -1.34. The van der Waals surface area contributed by atoms with Crippen LogP contribution < -0.4 is 10.0 Å². The average molecular weight is 570 g/mol. The van der Waals surface area contributed by atoms with Crippen LogP contribution in [0.2, 0.25) is 5.02 Å². The third-order valence-corrected chi connectivity index (χ3v) is 6.01. The second-order valence-electron chi connectivity index (χ2n) is 6.55. The van der Waals surface area contributed by atoms with Gasteiger partial charge in [0, 0.05) is 53.2 Å². The minimum atomic E-state index is -3.53. The van der Waals surface area contributed by atoms with Gasteiger partial charge < -0.3 is 19.5 Å². The minimum absolute atomic E-state index is 0. The van der Waals surface area contributed by atoms with E-state index in [4.69, 9.17) is 16.3 Å². The number of guanidine groups is 1. The summed E-state index contributed by atoms with van der Waals surface area (Å²) in [6.07, 6.45) is 1.86. The molecule has 30 heavy (non-hydrogen) atoms. The van der Waals surface area contributed by atoms with Crippen LogP contribution in [0.1, 0.15) is 11.3 Å². The summed E-state index contributed by atoms with van der Waals surface area (Å²) >= 11 is 6.05. The number of ether oxygens (including phenoxy) is 1. The predicted molar refractivity (Wildman–Crippen MR) is 131 cm³/mol. The van der Waals surface area contributed by atoms with Crippen molar-refractivity contribution in [3.63, 3.8) is 0 Å². The van der Waals surface area contributed by atoms with Crippen molar-refractivity contribution >= 4 is 51.6 Å². The first-order chi connectivity index (χ1) is 13.8. The lowest BCUT2D eigenvalue weighted by Crippen LogP contribution is -2.38. The molecule has 1 heterocycles. The summed E-state index contributed by atoms with van der Waals surface area (Å²) in [7, 11) is 3.61. The van der Waals surface area contributed by atoms with Crippen LogP contribution in [-0.2, 0) is 34.9 Å². The molecule has 0 amide bonds. The number of nitrogens with zero attached hydrogens (tertiary/aromatic N) is 3. The van der Waals surface area contributed by atoms with E-state index in [1.165, 1.54) is 7.11 Å². The van der Waals surface area contributed by atoms with Crippen molar-refractivity contribution in [3.05, 3.63) is 52.8 Å². The number of sulfonamides is 1. The zero-order valence-electron chi connectivity index (χ0n) is 17.6. The Labute approximate surface area is 200 Å². The number of halogens is 2. The normalized spacial score (nSPS) is 11.8. The molecule has 2 aromatic rings. The third kappa shape index (κ3) is 7.73. The van der Waals surface area contributed by atoms with Crippen molar-refractivity contribution < 1.29 is 13.2 Å². The molecule has 2 N–H and O–H groups in total. The van der Waals surface area contributed by atoms with Crippen LogP contribution in [0, 0.1) is 0 Å². The third-order valence-electron chi connectivity index (χ3n) is 4.33. The largest absolute Gasteiger partial charge is 0.383 e. The molecule has 0 aliphatic carbocycles. The number of nitrogens with one attached hydrogen (secondary N) is 2. The van der Waals surface area contributed by atoms with Crippen LogP contribution >= 0.6 is 35.6 Å². The van der Waals surface area contributed by atoms with E-state index in [-0.39, 0.29) is 35.4 Å². The summed E-state index contributed by atoms with van der Waals surface area (Å²) in [5.41, 5.74) is 2.01. The standard InChI is InChI=1S/C19H28ClN5O3S.HI/c1-21-19(25(3)14-17-11-16(20)13-24(17)2)22-12-15-5-7-18(8-6-15)29(26,27)23-9-10-28-4;/h5-8,11,13,23H,9-10,12,14H2,1-4H3,(H,21,22);1H. The molecule has 0 bridgehead atoms. The Morgan fingerprint density at radius 2 is 1.97 bits per heavy atom. The lowest BCUT2D eigenvalue weighted by atomic mass is 10.2. The molecule has 0 saturated heterocycles. The fourth-order valence-corrected chi connectivity index (χ4v) is 4.04. The molecule has 11 heteroatoms. The molecule has 0 aliphatic rings. The van der Waals surface area contributed by atoms with E-state index < -0.39 is 10.0 Å². The van der Waals surface area contributed by atoms with Gasteiger partial charge in [0.1, 0.15) is 0 Å². The first-order valence-corrected chi connectivity index (χ1v) is 10.9. The van der Waals surface area contributed by atoms with E-state index >= 15 is 0 Å². The second kappa shape index (κ2) is 12.5. The van der Waals surface area contributed by atoms with Gasteiger partial charge in [0.25, 0.3) is 0 Å². The first kappa shape index (κ1) is 26.7. The van der Waals surface area contributed by atoms with Crippen molar-refractivity contribution in [1.29, 1.82) is 0 Å². The van der Waals surface area contributed by atoms with Gasteiger partial charge >= 0.3 is 0 Å². The van der Waals surface area contributed by atoms with Crippen LogP contribution in [0.5, 0.6) is 0 Å². The summed E-state index contributed by atoms with van der Waals surface area (Å²) in [6.45, 7) is 1.72. The number of rotatable bonds is 9. The van der Waals surface area contributed by atoms with Crippen LogP contribution in [0.15, 0.2) is 46.4 Å². The number of benzene rings is 1. The molecular weight excluding hydrogens is 541 g/mol. The van der Waals surface area contributed by atoms with Crippen molar-refractivity contribution in [2.24, 2.45) is 12.0 Å². The molecule has 1 aromatic carbocycles. The number of hydrogen-bond acceptors (Lipinski definition) is 4. The highest BCUT2D eigenvalue weighted by Crippen LogP contribution is 2.14. The summed E-state index contributed by atoms with van der Waals surface area (Å²) in [5.74, 6) is 0.722. The highest BCUT2D eigenvalue weighted by molar-refractivity contribution is 14.0. The van der Waals surface area contributed by atoms with Crippen LogP contribution in [-0.4, -0.2) is 58.2 Å². The van der Waals surface area contributed by atoms with Gasteiger partial charge in [-0.3, -0.25) is 4.99 Å². The van der Waals surface area contributed by atoms with Crippen LogP contribution in [0.25, 0.3) is 0 Å². The van der Waals surface area contributed by atoms with Gasteiger partial charge in [-0.1, -0.05) is 23.7 Å². The van der Waals surface area contributed by atoms with Gasteiger partial charge in [0.15, 0.2) is 5.96 Å². The maximum atomic E-state index is 12.2. The van der Waals surface area contributed by atoms with Crippen LogP contribution in [0.3, 0.4) is 0 Å². The lowest BCUT2D eigenvalue weighted by molar-refractivity contribution is 0.204. The highest BCUT2D eigenvalue weighted by atomic mass is 127. The van der Waals surface area contributed by atoms with Gasteiger partial charge in [-0.05, 0) is 23.8 Å². The summed E-state index contributed by atoms with van der Waals surface area (Å²) in [6, 6.07) is 8.66. The van der Waals surface area contributed by atoms with Crippen LogP contribution in [0.4, 0.5) is 0 Å². The number of methoxy groups -OCH3 is 1. The smallest absolute Gasteiger partial charge is 0.240 e. The Balaban J connectivity index is 0.00000450. The van der Waals surface area contributed by atoms with Crippen molar-refractivity contribution in [2.75, 3.05) is 34.4 Å². The molecule has 0 saturated carbocycles. The quantitative estimate of drug-likeness (QED) is 0.210. The molecule has 168 valence electrons. The first-order valence-electron chi connectivity index (χ1n) is 9.07. The molecule has 8 nitrogen and oxygen atoms in total. The van der Waals surface area contributed by atoms with E-state index in [0.717, 1.165) is 17.2 Å². The SMILES string of the molecule is CN=C(NCc1ccc(S(=O)(=O)NCCOC)cc1)N(C)Cc1cc(Cl)cn1C.I. The Morgan fingerprint density at radius 3 is 2.50 bits per heavy atom. The molecule has 1 aromatic heterocycles. The molecule has 0 unspecified atom stereocenters. The zero-order valence-corrected chi connectivity index (χ0v) is 21.5. The predicted octanol–water partition coefficient (Wildman–Crippen LogP) is 2.43. The van der Waals surface area contributed by atoms with Gasteiger partial charge in [-0.2, -0.15) is 0 Å². The number of aliphatic imine (C=N–C) groups is 1. The Bertz CT molecular complexity index is 932. The average Bonchev–Trinajstić information content (AvgIpc) is 2.99. The number of aryl methyl sites for hydroxylation is 1. The summed E-state index contributed by atoms with van der Waals surface area (Å²) in [4.78, 5) is 6.52. The van der Waals surface area contributed by atoms with Gasteiger partial charge in [0.05, 0.1) is 23.1 Å². The molecule has 0 spiro atoms. The molecule has 0 aliphatic heterocycles. The van der Waals surface area contributed by atoms with Crippen molar-refractivity contribution in [2.45, 2.75) is 18.0 Å². The molecule has 0 fully saturated rings. The lowest BCUT2D eigenvalue weighted by Gasteiger charge is -2.22. The minimum Gasteiger partial charge on any atom is -0.383 e. The monoisotopic (exact) mass is 569 g/mol. The Kier molecular flexibility index (Phi) is 11.1. The fraction of sp³-hybridized carbons (Fsp3) is 0.421. The van der Waals surface area contributed by atoms with Gasteiger partial charge in [-0.15, -0.1) is 24.0 Å². The van der Waals surface area contributed by atoms with Crippen molar-refractivity contribution in [1.82, 2.24) is 19.5 Å². The molecular formula is C19H29ClIN5O3S. The fourth-order valence-electron chi connectivity index (χ4n) is 2.75. The van der Waals surface area contributed by atoms with Crippen molar-refractivity contribution in [3.8, 4) is 0 Å². The summed E-state index contributed by atoms with van der Waals surface area (Å²) in [5, 5.41) is 3.98. The maximum Gasteiger partial charge on any atom is 0.240 e. The highest BCUT2D eigenvalue weighted by Gasteiger charge is 2.13. The molecule has 0 radical (unpaired) electrons. The van der Waals surface area contributed by atoms with Gasteiger partial charge in [-0.25, -0.2) is 13.1 Å². The number of hydrogen-bond donors (Lipinski definition) is 2. The zero-order chi connectivity index (χ0) is 21.4. The van der Waals surface area contributed by atoms with E-state index in [1.807, 2.05) is 35.8 Å². The molecule has 2 rings (SSSR count). The van der Waals surface area contributed by atoms with E-state index in [2.05, 4.69) is 15.0 Å². The van der Waals surface area contributed by atoms with E-state index in [9.17, 15) is 8.42 Å². The topological polar surface area (TPSA) is 88.0 Å². The molecule has 0 atom stereocenters. The number of aromatic nitrogens is 1. The summed E-state index contributed by atoms with van der Waals surface area (Å²) < 4.78 is 33.7. The van der Waals surface area contributed by atoms with Gasteiger partial charge in [0.2, 0.25) is 10.0 Å².